The molecule has 3 rings (SSSR count). The Morgan fingerprint density at radius 3 is 2.52 bits per heavy atom. The van der Waals surface area contributed by atoms with Gasteiger partial charge in [-0.1, -0.05) is 36.4 Å². The van der Waals surface area contributed by atoms with Crippen LogP contribution in [-0.2, 0) is 6.54 Å². The van der Waals surface area contributed by atoms with Crippen molar-refractivity contribution in [3.05, 3.63) is 59.7 Å². The van der Waals surface area contributed by atoms with Crippen LogP contribution in [0, 0.1) is 0 Å². The Labute approximate surface area is 149 Å². The van der Waals surface area contributed by atoms with Crippen LogP contribution in [0.3, 0.4) is 0 Å². The highest BCUT2D eigenvalue weighted by molar-refractivity contribution is 5.84. The van der Waals surface area contributed by atoms with Gasteiger partial charge in [0.25, 0.3) is 0 Å². The summed E-state index contributed by atoms with van der Waals surface area (Å²) in [4.78, 5) is 2.44. The van der Waals surface area contributed by atoms with Gasteiger partial charge >= 0.3 is 0 Å². The fourth-order valence-electron chi connectivity index (χ4n) is 2.91. The molecule has 0 aromatic heterocycles. The topological polar surface area (TPSA) is 48.3 Å². The van der Waals surface area contributed by atoms with Crippen LogP contribution in [0.4, 0.5) is 0 Å². The second kappa shape index (κ2) is 8.53. The molecule has 1 saturated heterocycles. The van der Waals surface area contributed by atoms with Crippen molar-refractivity contribution in [2.45, 2.75) is 13.5 Å². The molecule has 2 aromatic carbocycles. The van der Waals surface area contributed by atoms with E-state index in [-0.39, 0.29) is 5.75 Å². The number of hydrogen-bond acceptors (Lipinski definition) is 5. The molecule has 2 aromatic rings. The minimum atomic E-state index is 0.149. The van der Waals surface area contributed by atoms with Crippen molar-refractivity contribution in [1.82, 2.24) is 9.91 Å². The molecule has 1 heterocycles. The summed E-state index contributed by atoms with van der Waals surface area (Å²) >= 11 is 0. The smallest absolute Gasteiger partial charge is 0.166 e. The number of phenols is 1. The largest absolute Gasteiger partial charge is 0.504 e. The van der Waals surface area contributed by atoms with Crippen molar-refractivity contribution in [2.75, 3.05) is 32.8 Å². The molecule has 0 spiro atoms. The second-order valence-electron chi connectivity index (χ2n) is 6.09. The fourth-order valence-corrected chi connectivity index (χ4v) is 2.91. The number of nitrogens with zero attached hydrogens (tertiary/aromatic N) is 3. The van der Waals surface area contributed by atoms with Crippen molar-refractivity contribution in [3.63, 3.8) is 0 Å². The summed E-state index contributed by atoms with van der Waals surface area (Å²) < 4.78 is 5.41. The number of piperazine rings is 1. The van der Waals surface area contributed by atoms with E-state index < -0.39 is 0 Å². The maximum atomic E-state index is 10.2. The van der Waals surface area contributed by atoms with Gasteiger partial charge in [-0.05, 0) is 24.6 Å². The van der Waals surface area contributed by atoms with Gasteiger partial charge in [0, 0.05) is 38.3 Å². The molecule has 0 unspecified atom stereocenters. The summed E-state index contributed by atoms with van der Waals surface area (Å²) in [6.07, 6.45) is 1.71. The lowest BCUT2D eigenvalue weighted by molar-refractivity contribution is 0.131. The van der Waals surface area contributed by atoms with Crippen molar-refractivity contribution in [3.8, 4) is 11.5 Å². The van der Waals surface area contributed by atoms with Crippen LogP contribution in [0.15, 0.2) is 53.6 Å². The van der Waals surface area contributed by atoms with Crippen molar-refractivity contribution >= 4 is 6.21 Å². The number of para-hydroxylation sites is 1. The van der Waals surface area contributed by atoms with Gasteiger partial charge in [-0.3, -0.25) is 9.91 Å². The monoisotopic (exact) mass is 339 g/mol. The minimum Gasteiger partial charge on any atom is -0.504 e. The number of rotatable bonds is 6. The lowest BCUT2D eigenvalue weighted by Crippen LogP contribution is -2.43. The zero-order valence-electron chi connectivity index (χ0n) is 14.6. The number of aromatic hydroxyl groups is 1. The zero-order valence-corrected chi connectivity index (χ0v) is 14.6. The highest BCUT2D eigenvalue weighted by Gasteiger charge is 2.15. The third-order valence-corrected chi connectivity index (χ3v) is 4.29. The Morgan fingerprint density at radius 2 is 1.80 bits per heavy atom. The quantitative estimate of drug-likeness (QED) is 0.822. The predicted octanol–water partition coefficient (Wildman–Crippen LogP) is 2.94. The van der Waals surface area contributed by atoms with E-state index >= 15 is 0 Å². The highest BCUT2D eigenvalue weighted by atomic mass is 16.5. The molecule has 1 fully saturated rings. The number of ether oxygens (including phenoxy) is 1. The van der Waals surface area contributed by atoms with Crippen LogP contribution >= 0.6 is 0 Å². The zero-order chi connectivity index (χ0) is 17.5. The van der Waals surface area contributed by atoms with Gasteiger partial charge in [-0.15, -0.1) is 0 Å². The van der Waals surface area contributed by atoms with Crippen LogP contribution in [0.5, 0.6) is 11.5 Å². The first-order chi connectivity index (χ1) is 12.3. The van der Waals surface area contributed by atoms with Crippen LogP contribution in [0.1, 0.15) is 18.1 Å². The van der Waals surface area contributed by atoms with Gasteiger partial charge in [-0.25, -0.2) is 0 Å². The summed E-state index contributed by atoms with van der Waals surface area (Å²) in [6.45, 7) is 7.14. The molecule has 132 valence electrons. The van der Waals surface area contributed by atoms with Crippen LogP contribution in [-0.4, -0.2) is 54.0 Å². The summed E-state index contributed by atoms with van der Waals surface area (Å²) in [5.74, 6) is 0.648. The molecule has 5 heteroatoms. The number of hydrogen-bond donors (Lipinski definition) is 1. The molecule has 25 heavy (non-hydrogen) atoms. The van der Waals surface area contributed by atoms with Gasteiger partial charge in [0.15, 0.2) is 11.5 Å². The van der Waals surface area contributed by atoms with E-state index in [1.165, 1.54) is 5.56 Å². The van der Waals surface area contributed by atoms with E-state index in [1.54, 1.807) is 12.3 Å². The Hall–Kier alpha value is -2.53. The Bertz CT molecular complexity index is 695. The van der Waals surface area contributed by atoms with Gasteiger partial charge in [0.1, 0.15) is 0 Å². The van der Waals surface area contributed by atoms with Crippen molar-refractivity contribution in [2.24, 2.45) is 5.10 Å². The Kier molecular flexibility index (Phi) is 5.90. The summed E-state index contributed by atoms with van der Waals surface area (Å²) in [7, 11) is 0. The first-order valence-corrected chi connectivity index (χ1v) is 8.76. The average Bonchev–Trinajstić information content (AvgIpc) is 2.65. The average molecular weight is 339 g/mol. The molecule has 0 bridgehead atoms. The van der Waals surface area contributed by atoms with E-state index in [2.05, 4.69) is 34.3 Å². The third-order valence-electron chi connectivity index (χ3n) is 4.29. The number of phenolic OH excluding ortho intramolecular Hbond substituents is 1. The van der Waals surface area contributed by atoms with E-state index in [4.69, 9.17) is 4.74 Å². The summed E-state index contributed by atoms with van der Waals surface area (Å²) in [5.41, 5.74) is 2.02. The third kappa shape index (κ3) is 4.73. The lowest BCUT2D eigenvalue weighted by Gasteiger charge is -2.33. The first-order valence-electron chi connectivity index (χ1n) is 8.76. The van der Waals surface area contributed by atoms with Crippen LogP contribution in [0.25, 0.3) is 0 Å². The number of benzene rings is 2. The maximum Gasteiger partial charge on any atom is 0.166 e. The van der Waals surface area contributed by atoms with Crippen molar-refractivity contribution in [1.29, 1.82) is 0 Å². The van der Waals surface area contributed by atoms with E-state index in [1.807, 2.05) is 30.1 Å². The highest BCUT2D eigenvalue weighted by Crippen LogP contribution is 2.28. The van der Waals surface area contributed by atoms with E-state index in [0.717, 1.165) is 32.7 Å². The first kappa shape index (κ1) is 17.3. The van der Waals surface area contributed by atoms with Crippen molar-refractivity contribution < 1.29 is 9.84 Å². The molecule has 0 aliphatic carbocycles. The normalized spacial score (nSPS) is 15.6. The summed E-state index contributed by atoms with van der Waals surface area (Å²) in [5, 5.41) is 16.8. The molecule has 0 saturated carbocycles. The fraction of sp³-hybridized carbons (Fsp3) is 0.350. The molecule has 0 amide bonds. The molecule has 0 radical (unpaired) electrons. The lowest BCUT2D eigenvalue weighted by atomic mass is 10.2. The molecular weight excluding hydrogens is 314 g/mol. The maximum absolute atomic E-state index is 10.2. The second-order valence-corrected chi connectivity index (χ2v) is 6.09. The van der Waals surface area contributed by atoms with Gasteiger partial charge in [-0.2, -0.15) is 5.10 Å². The van der Waals surface area contributed by atoms with E-state index in [9.17, 15) is 5.11 Å². The SMILES string of the molecule is CCOc1cccc(/C=N/N2CCN(Cc3ccccc3)CC2)c1O. The van der Waals surface area contributed by atoms with Gasteiger partial charge < -0.3 is 9.84 Å². The number of hydrazone groups is 1. The summed E-state index contributed by atoms with van der Waals surface area (Å²) in [6, 6.07) is 16.0. The predicted molar refractivity (Wildman–Crippen MR) is 100 cm³/mol. The molecule has 1 aliphatic heterocycles. The molecule has 0 atom stereocenters. The van der Waals surface area contributed by atoms with Gasteiger partial charge in [0.05, 0.1) is 12.8 Å². The standard InChI is InChI=1S/C20H25N3O2/c1-2-25-19-10-6-9-18(20(19)24)15-21-23-13-11-22(12-14-23)16-17-7-4-3-5-8-17/h3-10,15,24H,2,11-14,16H2,1H3/b21-15+. The molecule has 5 nitrogen and oxygen atoms in total. The van der Waals surface area contributed by atoms with E-state index in [0.29, 0.717) is 17.9 Å². The molecule has 1 N–H and O–H groups in total. The molecular formula is C20H25N3O2. The van der Waals surface area contributed by atoms with Crippen LogP contribution in [0.2, 0.25) is 0 Å². The minimum absolute atomic E-state index is 0.149. The molecule has 1 aliphatic rings. The Morgan fingerprint density at radius 1 is 1.04 bits per heavy atom. The van der Waals surface area contributed by atoms with Crippen LogP contribution < -0.4 is 4.74 Å². The van der Waals surface area contributed by atoms with Gasteiger partial charge in [0.2, 0.25) is 0 Å². The Balaban J connectivity index is 1.54.